The first-order valence-electron chi connectivity index (χ1n) is 8.75. The maximum atomic E-state index is 12.2. The van der Waals surface area contributed by atoms with Gasteiger partial charge in [-0.1, -0.05) is 48.5 Å². The zero-order valence-corrected chi connectivity index (χ0v) is 16.3. The van der Waals surface area contributed by atoms with Crippen LogP contribution in [-0.4, -0.2) is 45.7 Å². The minimum atomic E-state index is -4.92. The molecule has 9 nitrogen and oxygen atoms in total. The van der Waals surface area contributed by atoms with Crippen molar-refractivity contribution in [1.29, 1.82) is 0 Å². The number of benzene rings is 2. The molecule has 1 amide bonds. The van der Waals surface area contributed by atoms with E-state index in [1.165, 1.54) is 0 Å². The van der Waals surface area contributed by atoms with Crippen LogP contribution in [0.25, 0.3) is 11.1 Å². The molecule has 0 aliphatic heterocycles. The van der Waals surface area contributed by atoms with Crippen LogP contribution in [0.1, 0.15) is 24.0 Å². The molecule has 29 heavy (non-hydrogen) atoms. The van der Waals surface area contributed by atoms with E-state index in [4.69, 9.17) is 14.5 Å². The number of hydrogen-bond acceptors (Lipinski definition) is 5. The normalized spacial score (nSPS) is 15.1. The van der Waals surface area contributed by atoms with Gasteiger partial charge in [-0.3, -0.25) is 4.52 Å². The third kappa shape index (κ3) is 4.83. The Hall–Kier alpha value is -2.71. The second-order valence-corrected chi connectivity index (χ2v) is 7.78. The number of carbonyl (C=O) groups excluding carboxylic acids is 1. The number of phosphoric acid groups is 1. The number of amides is 1. The highest BCUT2D eigenvalue weighted by Crippen LogP contribution is 2.44. The first kappa shape index (κ1) is 21.0. The molecule has 1 aliphatic carbocycles. The van der Waals surface area contributed by atoms with E-state index in [9.17, 15) is 19.3 Å². The van der Waals surface area contributed by atoms with Gasteiger partial charge >= 0.3 is 19.9 Å². The topological polar surface area (TPSA) is 142 Å². The van der Waals surface area contributed by atoms with Crippen LogP contribution in [0.2, 0.25) is 0 Å². The highest BCUT2D eigenvalue weighted by molar-refractivity contribution is 7.46. The van der Waals surface area contributed by atoms with Crippen molar-refractivity contribution in [3.8, 4) is 11.1 Å². The van der Waals surface area contributed by atoms with Gasteiger partial charge in [0.15, 0.2) is 6.04 Å². The van der Waals surface area contributed by atoms with Crippen molar-refractivity contribution in [2.75, 3.05) is 6.61 Å². The highest BCUT2D eigenvalue weighted by atomic mass is 31.2. The van der Waals surface area contributed by atoms with Crippen molar-refractivity contribution in [1.82, 2.24) is 5.32 Å². The molecule has 10 heteroatoms. The summed E-state index contributed by atoms with van der Waals surface area (Å²) in [6, 6.07) is 13.8. The number of carboxylic acids is 1. The molecule has 0 heterocycles. The second kappa shape index (κ2) is 8.34. The number of nitrogens with one attached hydrogen (secondary N) is 1. The van der Waals surface area contributed by atoms with Crippen molar-refractivity contribution in [2.45, 2.75) is 25.0 Å². The lowest BCUT2D eigenvalue weighted by atomic mass is 9.98. The molecule has 0 unspecified atom stereocenters. The van der Waals surface area contributed by atoms with E-state index in [-0.39, 0.29) is 12.5 Å². The number of carbonyl (C=O) groups is 2. The van der Waals surface area contributed by atoms with Crippen LogP contribution in [0.5, 0.6) is 0 Å². The monoisotopic (exact) mass is 421 g/mol. The van der Waals surface area contributed by atoms with Crippen LogP contribution < -0.4 is 5.32 Å². The van der Waals surface area contributed by atoms with Gasteiger partial charge in [-0.05, 0) is 29.2 Å². The highest BCUT2D eigenvalue weighted by Gasteiger charge is 2.34. The van der Waals surface area contributed by atoms with Gasteiger partial charge < -0.3 is 24.9 Å². The Morgan fingerprint density at radius 1 is 1.07 bits per heavy atom. The molecular formula is C19H20NO8P. The van der Waals surface area contributed by atoms with Gasteiger partial charge in [0.25, 0.3) is 0 Å². The van der Waals surface area contributed by atoms with Gasteiger partial charge in [-0.15, -0.1) is 0 Å². The minimum absolute atomic E-state index is 0.0278. The van der Waals surface area contributed by atoms with Crippen LogP contribution in [0.15, 0.2) is 48.5 Å². The Balaban J connectivity index is 1.69. The number of ether oxygens (including phenoxy) is 1. The predicted molar refractivity (Wildman–Crippen MR) is 102 cm³/mol. The maximum Gasteiger partial charge on any atom is 0.469 e. The van der Waals surface area contributed by atoms with E-state index >= 15 is 0 Å². The molecule has 2 aromatic rings. The number of rotatable bonds is 7. The molecule has 1 aliphatic rings. The third-order valence-electron chi connectivity index (χ3n) is 4.66. The maximum absolute atomic E-state index is 12.2. The summed E-state index contributed by atoms with van der Waals surface area (Å²) in [5, 5.41) is 11.3. The number of alkyl carbamates (subject to hydrolysis) is 1. The largest absolute Gasteiger partial charge is 0.480 e. The molecule has 0 spiro atoms. The first-order chi connectivity index (χ1) is 13.7. The van der Waals surface area contributed by atoms with E-state index in [0.717, 1.165) is 29.2 Å². The van der Waals surface area contributed by atoms with E-state index in [0.29, 0.717) is 0 Å². The summed E-state index contributed by atoms with van der Waals surface area (Å²) >= 11 is 0. The molecule has 4 N–H and O–H groups in total. The van der Waals surface area contributed by atoms with Crippen LogP contribution >= 0.6 is 7.82 Å². The average Bonchev–Trinajstić information content (AvgIpc) is 2.96. The second-order valence-electron chi connectivity index (χ2n) is 6.59. The van der Waals surface area contributed by atoms with Crippen molar-refractivity contribution >= 4 is 19.9 Å². The molecule has 0 aromatic heterocycles. The van der Waals surface area contributed by atoms with Gasteiger partial charge in [0.05, 0.1) is 6.10 Å². The quantitative estimate of drug-likeness (QED) is 0.500. The number of phosphoric ester groups is 1. The van der Waals surface area contributed by atoms with Crippen LogP contribution in [0.3, 0.4) is 0 Å². The van der Waals surface area contributed by atoms with Gasteiger partial charge in [0.1, 0.15) is 6.61 Å². The Morgan fingerprint density at radius 2 is 1.59 bits per heavy atom. The van der Waals surface area contributed by atoms with Crippen molar-refractivity contribution in [3.63, 3.8) is 0 Å². The van der Waals surface area contributed by atoms with Gasteiger partial charge in [0.2, 0.25) is 0 Å². The first-order valence-corrected chi connectivity index (χ1v) is 10.3. The zero-order valence-electron chi connectivity index (χ0n) is 15.4. The van der Waals surface area contributed by atoms with E-state index in [2.05, 4.69) is 9.84 Å². The molecule has 3 rings (SSSR count). The summed E-state index contributed by atoms with van der Waals surface area (Å²) in [6.45, 7) is 1.10. The van der Waals surface area contributed by atoms with Gasteiger partial charge in [-0.2, -0.15) is 0 Å². The van der Waals surface area contributed by atoms with Crippen molar-refractivity contribution in [3.05, 3.63) is 59.7 Å². The lowest BCUT2D eigenvalue weighted by Gasteiger charge is -2.22. The van der Waals surface area contributed by atoms with E-state index in [1.54, 1.807) is 0 Å². The molecule has 0 fully saturated rings. The SMILES string of the molecule is C[C@@H](OP(=O)(O)O)[C@H](NC(=O)OCC1c2ccccc2-c2ccccc21)C(=O)O. The van der Waals surface area contributed by atoms with E-state index < -0.39 is 32.0 Å². The summed E-state index contributed by atoms with van der Waals surface area (Å²) in [5.74, 6) is -1.72. The molecular weight excluding hydrogens is 401 g/mol. The fraction of sp³-hybridized carbons (Fsp3) is 0.263. The number of fused-ring (bicyclic) bond motifs is 3. The molecule has 0 bridgehead atoms. The summed E-state index contributed by atoms with van der Waals surface area (Å²) in [6.07, 6.45) is -2.51. The predicted octanol–water partition coefficient (Wildman–Crippen LogP) is 2.48. The summed E-state index contributed by atoms with van der Waals surface area (Å²) in [4.78, 5) is 41.2. The molecule has 0 radical (unpaired) electrons. The lowest BCUT2D eigenvalue weighted by Crippen LogP contribution is -2.48. The van der Waals surface area contributed by atoms with Crippen molar-refractivity contribution in [2.24, 2.45) is 0 Å². The summed E-state index contributed by atoms with van der Waals surface area (Å²) in [5.41, 5.74) is 4.08. The zero-order chi connectivity index (χ0) is 21.2. The smallest absolute Gasteiger partial charge is 0.469 e. The minimum Gasteiger partial charge on any atom is -0.480 e. The summed E-state index contributed by atoms with van der Waals surface area (Å²) in [7, 11) is -4.92. The van der Waals surface area contributed by atoms with Crippen LogP contribution in [0.4, 0.5) is 4.79 Å². The fourth-order valence-corrected chi connectivity index (χ4v) is 3.98. The Labute approximate surface area is 166 Å². The Morgan fingerprint density at radius 3 is 2.07 bits per heavy atom. The molecule has 2 atom stereocenters. The molecule has 0 saturated heterocycles. The third-order valence-corrected chi connectivity index (χ3v) is 5.26. The molecule has 0 saturated carbocycles. The lowest BCUT2D eigenvalue weighted by molar-refractivity contribution is -0.141. The van der Waals surface area contributed by atoms with Crippen LogP contribution in [-0.2, 0) is 18.6 Å². The number of carboxylic acid groups (broad SMARTS) is 1. The fourth-order valence-electron chi connectivity index (χ4n) is 3.42. The summed E-state index contributed by atoms with van der Waals surface area (Å²) < 4.78 is 20.5. The average molecular weight is 421 g/mol. The van der Waals surface area contributed by atoms with Crippen LogP contribution in [0, 0.1) is 0 Å². The van der Waals surface area contributed by atoms with Gasteiger partial charge in [0, 0.05) is 5.92 Å². The Bertz CT molecular complexity index is 927. The Kier molecular flexibility index (Phi) is 6.04. The van der Waals surface area contributed by atoms with Crippen molar-refractivity contribution < 1.29 is 38.3 Å². The van der Waals surface area contributed by atoms with E-state index in [1.807, 2.05) is 48.5 Å². The standard InChI is InChI=1S/C19H20NO8P/c1-11(28-29(24,25)26)17(18(21)22)20-19(23)27-10-16-14-8-4-2-6-12(14)13-7-3-5-9-15(13)16/h2-9,11,16-17H,10H2,1H3,(H,20,23)(H,21,22)(H2,24,25,26)/t11-,17+/m1/s1. The van der Waals surface area contributed by atoms with Gasteiger partial charge in [-0.25, -0.2) is 14.2 Å². The molecule has 154 valence electrons. The number of hydrogen-bond donors (Lipinski definition) is 4. The molecule has 2 aromatic carbocycles. The number of aliphatic carboxylic acids is 1.